The Morgan fingerprint density at radius 3 is 2.72 bits per heavy atom. The smallest absolute Gasteiger partial charge is 0.251 e. The number of aryl methyl sites for hydroxylation is 1. The Kier molecular flexibility index (Phi) is 4.67. The van der Waals surface area contributed by atoms with Gasteiger partial charge in [0.2, 0.25) is 10.0 Å². The van der Waals surface area contributed by atoms with E-state index in [1.54, 1.807) is 25.1 Å². The summed E-state index contributed by atoms with van der Waals surface area (Å²) in [5, 5.41) is 2.94. The lowest BCUT2D eigenvalue weighted by molar-refractivity contribution is 0.0915. The second-order valence-electron chi connectivity index (χ2n) is 6.20. The molecule has 0 unspecified atom stereocenters. The molecule has 7 heteroatoms. The number of rotatable bonds is 4. The zero-order chi connectivity index (χ0) is 18.0. The van der Waals surface area contributed by atoms with Crippen LogP contribution in [0.25, 0.3) is 0 Å². The summed E-state index contributed by atoms with van der Waals surface area (Å²) >= 11 is 0. The first-order valence-electron chi connectivity index (χ1n) is 7.92. The molecule has 2 aromatic carbocycles. The van der Waals surface area contributed by atoms with Gasteiger partial charge in [0.1, 0.15) is 12.4 Å². The third-order valence-corrected chi connectivity index (χ3v) is 4.60. The minimum atomic E-state index is -3.40. The van der Waals surface area contributed by atoms with Crippen LogP contribution in [0, 0.1) is 6.92 Å². The van der Waals surface area contributed by atoms with E-state index in [2.05, 4.69) is 10.0 Å². The number of ether oxygens (including phenoxy) is 1. The third kappa shape index (κ3) is 4.30. The molecule has 2 N–H and O–H groups in total. The van der Waals surface area contributed by atoms with Crippen LogP contribution in [0.1, 0.15) is 21.5 Å². The molecule has 1 aliphatic rings. The molecular weight excluding hydrogens is 340 g/mol. The van der Waals surface area contributed by atoms with E-state index in [4.69, 9.17) is 4.74 Å². The molecular formula is C18H20N2O4S. The van der Waals surface area contributed by atoms with E-state index in [0.717, 1.165) is 23.1 Å². The molecule has 1 aliphatic heterocycles. The largest absolute Gasteiger partial charge is 0.491 e. The van der Waals surface area contributed by atoms with Crippen LogP contribution in [0.2, 0.25) is 0 Å². The van der Waals surface area contributed by atoms with Gasteiger partial charge in [-0.05, 0) is 42.7 Å². The van der Waals surface area contributed by atoms with Gasteiger partial charge in [-0.25, -0.2) is 8.42 Å². The molecule has 25 heavy (non-hydrogen) atoms. The Morgan fingerprint density at radius 1 is 1.20 bits per heavy atom. The number of hydrogen-bond acceptors (Lipinski definition) is 4. The first kappa shape index (κ1) is 17.3. The normalized spacial score (nSPS) is 16.5. The van der Waals surface area contributed by atoms with Gasteiger partial charge in [-0.3, -0.25) is 9.52 Å². The van der Waals surface area contributed by atoms with Crippen molar-refractivity contribution >= 4 is 21.6 Å². The van der Waals surface area contributed by atoms with Gasteiger partial charge in [0.05, 0.1) is 18.0 Å². The maximum Gasteiger partial charge on any atom is 0.251 e. The molecule has 1 heterocycles. The van der Waals surface area contributed by atoms with Crippen LogP contribution in [0.15, 0.2) is 42.5 Å². The highest BCUT2D eigenvalue weighted by molar-refractivity contribution is 7.92. The average Bonchev–Trinajstić information content (AvgIpc) is 2.55. The first-order valence-corrected chi connectivity index (χ1v) is 9.81. The van der Waals surface area contributed by atoms with Crippen LogP contribution in [-0.2, 0) is 16.4 Å². The van der Waals surface area contributed by atoms with E-state index in [9.17, 15) is 13.2 Å². The number of amides is 1. The Morgan fingerprint density at radius 2 is 1.96 bits per heavy atom. The van der Waals surface area contributed by atoms with Crippen molar-refractivity contribution < 1.29 is 17.9 Å². The van der Waals surface area contributed by atoms with Gasteiger partial charge in [-0.15, -0.1) is 0 Å². The number of hydrogen-bond donors (Lipinski definition) is 2. The van der Waals surface area contributed by atoms with E-state index >= 15 is 0 Å². The number of carbonyl (C=O) groups is 1. The lowest BCUT2D eigenvalue weighted by atomic mass is 10.0. The fourth-order valence-electron chi connectivity index (χ4n) is 2.76. The van der Waals surface area contributed by atoms with Crippen molar-refractivity contribution in [1.29, 1.82) is 0 Å². The number of fused-ring (bicyclic) bond motifs is 1. The molecule has 2 aromatic rings. The van der Waals surface area contributed by atoms with Crippen LogP contribution in [0.5, 0.6) is 5.75 Å². The quantitative estimate of drug-likeness (QED) is 0.874. The van der Waals surface area contributed by atoms with Crippen LogP contribution in [0.4, 0.5) is 5.69 Å². The molecule has 132 valence electrons. The van der Waals surface area contributed by atoms with Crippen LogP contribution >= 0.6 is 0 Å². The summed E-state index contributed by atoms with van der Waals surface area (Å²) in [7, 11) is -3.40. The predicted octanol–water partition coefficient (Wildman–Crippen LogP) is 2.10. The lowest BCUT2D eigenvalue weighted by Gasteiger charge is -2.26. The maximum atomic E-state index is 12.5. The van der Waals surface area contributed by atoms with E-state index in [1.165, 1.54) is 0 Å². The second-order valence-corrected chi connectivity index (χ2v) is 7.95. The fourth-order valence-corrected chi connectivity index (χ4v) is 3.38. The topological polar surface area (TPSA) is 84.5 Å². The number of benzene rings is 2. The fraction of sp³-hybridized carbons (Fsp3) is 0.278. The molecule has 0 spiro atoms. The standard InChI is InChI=1S/C18H20N2O4S/c1-12-7-8-14(10-16(12)20-25(2,22)23)18(21)19-15-9-13-5-3-4-6-17(13)24-11-15/h3-8,10,15,20H,9,11H2,1-2H3,(H,19,21)/t15-/m0/s1. The van der Waals surface area contributed by atoms with Crippen molar-refractivity contribution in [2.45, 2.75) is 19.4 Å². The number of para-hydroxylation sites is 1. The Balaban J connectivity index is 1.73. The molecule has 1 atom stereocenters. The van der Waals surface area contributed by atoms with E-state index < -0.39 is 10.0 Å². The molecule has 0 bridgehead atoms. The average molecular weight is 360 g/mol. The number of carbonyl (C=O) groups excluding carboxylic acids is 1. The van der Waals surface area contributed by atoms with Crippen molar-refractivity contribution in [2.24, 2.45) is 0 Å². The first-order chi connectivity index (χ1) is 11.8. The second kappa shape index (κ2) is 6.76. The molecule has 0 fully saturated rings. The summed E-state index contributed by atoms with van der Waals surface area (Å²) in [5.41, 5.74) is 2.61. The zero-order valence-corrected chi connectivity index (χ0v) is 14.9. The van der Waals surface area contributed by atoms with Crippen molar-refractivity contribution in [3.63, 3.8) is 0 Å². The monoisotopic (exact) mass is 360 g/mol. The van der Waals surface area contributed by atoms with E-state index in [0.29, 0.717) is 24.3 Å². The predicted molar refractivity (Wildman–Crippen MR) is 96.5 cm³/mol. The summed E-state index contributed by atoms with van der Waals surface area (Å²) in [6.45, 7) is 2.18. The van der Waals surface area contributed by atoms with Crippen LogP contribution in [-0.4, -0.2) is 33.2 Å². The van der Waals surface area contributed by atoms with Crippen LogP contribution in [0.3, 0.4) is 0 Å². The highest BCUT2D eigenvalue weighted by atomic mass is 32.2. The lowest BCUT2D eigenvalue weighted by Crippen LogP contribution is -2.42. The van der Waals surface area contributed by atoms with Gasteiger partial charge in [0.15, 0.2) is 0 Å². The zero-order valence-electron chi connectivity index (χ0n) is 14.1. The molecule has 0 aliphatic carbocycles. The van der Waals surface area contributed by atoms with E-state index in [-0.39, 0.29) is 11.9 Å². The molecule has 3 rings (SSSR count). The van der Waals surface area contributed by atoms with Gasteiger partial charge in [-0.1, -0.05) is 24.3 Å². The van der Waals surface area contributed by atoms with Gasteiger partial charge < -0.3 is 10.1 Å². The molecule has 6 nitrogen and oxygen atoms in total. The Bertz CT molecular complexity index is 909. The van der Waals surface area contributed by atoms with Gasteiger partial charge in [-0.2, -0.15) is 0 Å². The van der Waals surface area contributed by atoms with Crippen LogP contribution < -0.4 is 14.8 Å². The number of sulfonamides is 1. The summed E-state index contributed by atoms with van der Waals surface area (Å²) < 4.78 is 31.0. The number of anilines is 1. The molecule has 0 saturated heterocycles. The van der Waals surface area contributed by atoms with E-state index in [1.807, 2.05) is 24.3 Å². The summed E-state index contributed by atoms with van der Waals surface area (Å²) in [6, 6.07) is 12.6. The highest BCUT2D eigenvalue weighted by Gasteiger charge is 2.22. The van der Waals surface area contributed by atoms with Crippen molar-refractivity contribution in [2.75, 3.05) is 17.6 Å². The Hall–Kier alpha value is -2.54. The van der Waals surface area contributed by atoms with Crippen molar-refractivity contribution in [3.8, 4) is 5.75 Å². The van der Waals surface area contributed by atoms with Gasteiger partial charge in [0.25, 0.3) is 5.91 Å². The van der Waals surface area contributed by atoms with Gasteiger partial charge >= 0.3 is 0 Å². The molecule has 1 amide bonds. The number of nitrogens with one attached hydrogen (secondary N) is 2. The van der Waals surface area contributed by atoms with Crippen molar-refractivity contribution in [3.05, 3.63) is 59.2 Å². The Labute approximate surface area is 147 Å². The summed E-state index contributed by atoms with van der Waals surface area (Å²) in [5.74, 6) is 0.590. The molecule has 0 aromatic heterocycles. The minimum absolute atomic E-state index is 0.130. The van der Waals surface area contributed by atoms with Crippen molar-refractivity contribution in [1.82, 2.24) is 5.32 Å². The molecule has 0 saturated carbocycles. The minimum Gasteiger partial charge on any atom is -0.491 e. The maximum absolute atomic E-state index is 12.5. The summed E-state index contributed by atoms with van der Waals surface area (Å²) in [6.07, 6.45) is 1.78. The SMILES string of the molecule is Cc1ccc(C(=O)N[C@@H]2COc3ccccc3C2)cc1NS(C)(=O)=O. The summed E-state index contributed by atoms with van der Waals surface area (Å²) in [4.78, 5) is 12.5. The molecule has 0 radical (unpaired) electrons. The van der Waals surface area contributed by atoms with Gasteiger partial charge in [0, 0.05) is 5.56 Å². The third-order valence-electron chi connectivity index (χ3n) is 4.01. The highest BCUT2D eigenvalue weighted by Crippen LogP contribution is 2.24.